The molecule has 0 bridgehead atoms. The standard InChI is InChI=1S/C12H27O3PS.ClH/c1-3-5-7-9-11-14-16(13,17)15-12-10-8-6-4-2;/h3-12H2,1-2H3,(H,13,17);1H. The van der Waals surface area contributed by atoms with Gasteiger partial charge in [0.05, 0.1) is 13.2 Å². The monoisotopic (exact) mass is 318 g/mol. The molecule has 0 aromatic heterocycles. The van der Waals surface area contributed by atoms with Gasteiger partial charge in [0.2, 0.25) is 0 Å². The van der Waals surface area contributed by atoms with Crippen LogP contribution in [0.15, 0.2) is 0 Å². The molecule has 0 aliphatic rings. The maximum absolute atomic E-state index is 9.71. The molecule has 1 N–H and O–H groups in total. The van der Waals surface area contributed by atoms with Crippen LogP contribution >= 0.6 is 19.1 Å². The molecule has 0 aliphatic heterocycles. The average Bonchev–Trinajstić information content (AvgIpc) is 2.28. The van der Waals surface area contributed by atoms with Gasteiger partial charge in [-0.2, -0.15) is 0 Å². The van der Waals surface area contributed by atoms with E-state index in [0.29, 0.717) is 13.2 Å². The molecular weight excluding hydrogens is 291 g/mol. The Morgan fingerprint density at radius 2 is 1.22 bits per heavy atom. The van der Waals surface area contributed by atoms with Crippen molar-refractivity contribution in [2.45, 2.75) is 65.2 Å². The van der Waals surface area contributed by atoms with Crippen LogP contribution in [-0.4, -0.2) is 18.1 Å². The van der Waals surface area contributed by atoms with Crippen LogP contribution in [0, 0.1) is 0 Å². The Morgan fingerprint density at radius 1 is 0.833 bits per heavy atom. The lowest BCUT2D eigenvalue weighted by Crippen LogP contribution is -1.98. The van der Waals surface area contributed by atoms with Crippen molar-refractivity contribution in [1.29, 1.82) is 0 Å². The van der Waals surface area contributed by atoms with Crippen LogP contribution in [0.5, 0.6) is 0 Å². The summed E-state index contributed by atoms with van der Waals surface area (Å²) in [6.07, 6.45) is 8.95. The van der Waals surface area contributed by atoms with Crippen LogP contribution in [0.2, 0.25) is 0 Å². The zero-order chi connectivity index (χ0) is 13.0. The first-order valence-electron chi connectivity index (χ1n) is 6.74. The molecule has 0 aromatic rings. The van der Waals surface area contributed by atoms with E-state index in [4.69, 9.17) is 20.9 Å². The van der Waals surface area contributed by atoms with Gasteiger partial charge < -0.3 is 13.9 Å². The normalized spacial score (nSPS) is 11.3. The molecule has 3 nitrogen and oxygen atoms in total. The summed E-state index contributed by atoms with van der Waals surface area (Å²) in [4.78, 5) is 9.71. The van der Waals surface area contributed by atoms with E-state index >= 15 is 0 Å². The van der Waals surface area contributed by atoms with Gasteiger partial charge in [-0.1, -0.05) is 52.4 Å². The zero-order valence-corrected chi connectivity index (χ0v) is 14.1. The first-order valence-corrected chi connectivity index (χ1v) is 9.33. The summed E-state index contributed by atoms with van der Waals surface area (Å²) < 4.78 is 10.5. The van der Waals surface area contributed by atoms with Crippen LogP contribution in [0.4, 0.5) is 0 Å². The van der Waals surface area contributed by atoms with Crippen LogP contribution in [0.1, 0.15) is 65.2 Å². The molecule has 0 radical (unpaired) electrons. The Morgan fingerprint density at radius 3 is 1.56 bits per heavy atom. The minimum atomic E-state index is -2.96. The summed E-state index contributed by atoms with van der Waals surface area (Å²) in [5.74, 6) is 0. The molecular formula is C12H28ClO3PS. The maximum Gasteiger partial charge on any atom is 0.324 e. The minimum Gasteiger partial charge on any atom is -0.324 e. The summed E-state index contributed by atoms with van der Waals surface area (Å²) >= 11 is 4.92. The van der Waals surface area contributed by atoms with Crippen molar-refractivity contribution in [3.05, 3.63) is 0 Å². The first kappa shape index (κ1) is 21.1. The summed E-state index contributed by atoms with van der Waals surface area (Å²) in [5, 5.41) is 0. The highest BCUT2D eigenvalue weighted by Gasteiger charge is 2.13. The fourth-order valence-electron chi connectivity index (χ4n) is 1.45. The Bertz CT molecular complexity index is 199. The van der Waals surface area contributed by atoms with Gasteiger partial charge in [0.1, 0.15) is 0 Å². The van der Waals surface area contributed by atoms with Gasteiger partial charge in [0, 0.05) is 0 Å². The van der Waals surface area contributed by atoms with Crippen molar-refractivity contribution < 1.29 is 13.9 Å². The highest BCUT2D eigenvalue weighted by molar-refractivity contribution is 8.07. The predicted octanol–water partition coefficient (Wildman–Crippen LogP) is 4.82. The fraction of sp³-hybridized carbons (Fsp3) is 1.00. The van der Waals surface area contributed by atoms with E-state index in [1.807, 2.05) is 0 Å². The minimum absolute atomic E-state index is 0. The third-order valence-corrected chi connectivity index (χ3v) is 4.15. The summed E-state index contributed by atoms with van der Waals surface area (Å²) in [6, 6.07) is 0. The molecule has 18 heavy (non-hydrogen) atoms. The Hall–Kier alpha value is 0.820. The summed E-state index contributed by atoms with van der Waals surface area (Å²) in [6.45, 7) is 2.40. The van der Waals surface area contributed by atoms with Gasteiger partial charge in [-0.25, -0.2) is 0 Å². The Kier molecular flexibility index (Phi) is 16.7. The highest BCUT2D eigenvalue weighted by atomic mass is 35.5. The van der Waals surface area contributed by atoms with Crippen molar-refractivity contribution in [2.75, 3.05) is 13.2 Å². The van der Waals surface area contributed by atoms with Crippen LogP contribution in [0.25, 0.3) is 0 Å². The van der Waals surface area contributed by atoms with E-state index in [1.54, 1.807) is 0 Å². The lowest BCUT2D eigenvalue weighted by Gasteiger charge is -2.15. The summed E-state index contributed by atoms with van der Waals surface area (Å²) in [5.41, 5.74) is 0. The van der Waals surface area contributed by atoms with E-state index in [1.165, 1.54) is 25.7 Å². The van der Waals surface area contributed by atoms with Gasteiger partial charge in [-0.3, -0.25) is 0 Å². The second kappa shape index (κ2) is 14.2. The van der Waals surface area contributed by atoms with Crippen molar-refractivity contribution in [1.82, 2.24) is 0 Å². The van der Waals surface area contributed by atoms with Crippen molar-refractivity contribution >= 4 is 30.9 Å². The van der Waals surface area contributed by atoms with Crippen molar-refractivity contribution in [2.24, 2.45) is 0 Å². The number of halogens is 1. The SMILES string of the molecule is CCCCCCOP(O)(=S)OCCCCCC.Cl. The van der Waals surface area contributed by atoms with E-state index in [9.17, 15) is 4.89 Å². The molecule has 0 rings (SSSR count). The van der Waals surface area contributed by atoms with Gasteiger partial charge >= 0.3 is 6.72 Å². The number of hydrogen-bond acceptors (Lipinski definition) is 3. The van der Waals surface area contributed by atoms with Crippen LogP contribution in [0.3, 0.4) is 0 Å². The smallest absolute Gasteiger partial charge is 0.324 e. The molecule has 0 fully saturated rings. The average molecular weight is 319 g/mol. The predicted molar refractivity (Wildman–Crippen MR) is 83.9 cm³/mol. The number of unbranched alkanes of at least 4 members (excludes halogenated alkanes) is 6. The lowest BCUT2D eigenvalue weighted by molar-refractivity contribution is 0.191. The molecule has 0 unspecified atom stereocenters. The third-order valence-electron chi connectivity index (χ3n) is 2.50. The van der Waals surface area contributed by atoms with E-state index < -0.39 is 6.72 Å². The number of hydrogen-bond donors (Lipinski definition) is 1. The molecule has 112 valence electrons. The summed E-state index contributed by atoms with van der Waals surface area (Å²) in [7, 11) is 0. The first-order chi connectivity index (χ1) is 8.12. The highest BCUT2D eigenvalue weighted by Crippen LogP contribution is 2.43. The lowest BCUT2D eigenvalue weighted by atomic mass is 10.2. The molecule has 6 heteroatoms. The molecule has 0 heterocycles. The quantitative estimate of drug-likeness (QED) is 0.413. The molecule has 0 amide bonds. The Balaban J connectivity index is 0. The zero-order valence-electron chi connectivity index (χ0n) is 11.6. The van der Waals surface area contributed by atoms with E-state index in [2.05, 4.69) is 13.8 Å². The topological polar surface area (TPSA) is 38.7 Å². The van der Waals surface area contributed by atoms with Crippen LogP contribution < -0.4 is 0 Å². The van der Waals surface area contributed by atoms with Crippen molar-refractivity contribution in [3.63, 3.8) is 0 Å². The third kappa shape index (κ3) is 14.9. The van der Waals surface area contributed by atoms with Crippen molar-refractivity contribution in [3.8, 4) is 0 Å². The molecule has 0 saturated carbocycles. The van der Waals surface area contributed by atoms with Gasteiger partial charge in [-0.05, 0) is 24.6 Å². The van der Waals surface area contributed by atoms with Gasteiger partial charge in [0.25, 0.3) is 0 Å². The van der Waals surface area contributed by atoms with Gasteiger partial charge in [0.15, 0.2) is 0 Å². The second-order valence-electron chi connectivity index (χ2n) is 4.26. The van der Waals surface area contributed by atoms with Gasteiger partial charge in [-0.15, -0.1) is 12.4 Å². The molecule has 0 aromatic carbocycles. The van der Waals surface area contributed by atoms with E-state index in [0.717, 1.165) is 25.7 Å². The molecule has 0 spiro atoms. The van der Waals surface area contributed by atoms with E-state index in [-0.39, 0.29) is 12.4 Å². The maximum atomic E-state index is 9.71. The molecule has 0 aliphatic carbocycles. The second-order valence-corrected chi connectivity index (χ2v) is 7.09. The molecule has 0 saturated heterocycles. The largest absolute Gasteiger partial charge is 0.324 e. The molecule has 0 atom stereocenters. The fourth-order valence-corrected chi connectivity index (χ4v) is 2.70. The van der Waals surface area contributed by atoms with Crippen LogP contribution in [-0.2, 0) is 20.9 Å². The Labute approximate surface area is 123 Å². The number of rotatable bonds is 12.